The van der Waals surface area contributed by atoms with E-state index in [1.165, 1.54) is 0 Å². The molecule has 0 unspecified atom stereocenters. The van der Waals surface area contributed by atoms with Crippen molar-refractivity contribution < 1.29 is 14.1 Å². The van der Waals surface area contributed by atoms with Crippen LogP contribution < -0.4 is 10.5 Å². The van der Waals surface area contributed by atoms with E-state index >= 15 is 0 Å². The Hall–Kier alpha value is -2.18. The molecule has 0 saturated carbocycles. The lowest BCUT2D eigenvalue weighted by Gasteiger charge is -2.06. The van der Waals surface area contributed by atoms with Crippen LogP contribution in [0.25, 0.3) is 0 Å². The molecule has 3 N–H and O–H groups in total. The van der Waals surface area contributed by atoms with Gasteiger partial charge in [0.2, 0.25) is 0 Å². The number of hydrogen-bond acceptors (Lipinski definition) is 4. The van der Waals surface area contributed by atoms with Gasteiger partial charge in [0.15, 0.2) is 5.75 Å². The van der Waals surface area contributed by atoms with E-state index in [0.717, 1.165) is 18.2 Å². The number of nitrogens with one attached hydrogen (secondary N) is 1. The van der Waals surface area contributed by atoms with Crippen molar-refractivity contribution in [3.63, 3.8) is 0 Å². The normalized spacial score (nSPS) is 9.94. The zero-order chi connectivity index (χ0) is 12.8. The number of rotatable bonds is 6. The van der Waals surface area contributed by atoms with Gasteiger partial charge in [0, 0.05) is 18.6 Å². The van der Waals surface area contributed by atoms with Crippen molar-refractivity contribution in [2.75, 3.05) is 6.61 Å². The van der Waals surface area contributed by atoms with Gasteiger partial charge < -0.3 is 10.5 Å². The number of nitro groups is 1. The summed E-state index contributed by atoms with van der Waals surface area (Å²) in [6, 6.07) is 3.02. The zero-order valence-corrected chi connectivity index (χ0v) is 8.98. The summed E-state index contributed by atoms with van der Waals surface area (Å²) >= 11 is 0. The minimum absolute atomic E-state index is 0.0161. The number of nitrogens with zero attached hydrogens (tertiary/aromatic N) is 1. The molecule has 0 fully saturated rings. The van der Waals surface area contributed by atoms with Gasteiger partial charge in [-0.1, -0.05) is 0 Å². The van der Waals surface area contributed by atoms with E-state index < -0.39 is 10.7 Å². The molecule has 0 aliphatic carbocycles. The molecule has 7 heteroatoms. The van der Waals surface area contributed by atoms with Crippen molar-refractivity contribution in [1.82, 2.24) is 0 Å². The maximum Gasteiger partial charge on any atom is 0.311 e. The van der Waals surface area contributed by atoms with E-state index in [1.54, 1.807) is 0 Å². The van der Waals surface area contributed by atoms with Crippen LogP contribution in [-0.2, 0) is 0 Å². The van der Waals surface area contributed by atoms with Gasteiger partial charge in [0.25, 0.3) is 0 Å². The molecule has 0 aromatic heterocycles. The Kier molecular flexibility index (Phi) is 4.38. The van der Waals surface area contributed by atoms with Crippen LogP contribution in [0, 0.1) is 21.3 Å². The van der Waals surface area contributed by atoms with Crippen molar-refractivity contribution in [2.24, 2.45) is 5.73 Å². The number of halogens is 1. The molecule has 0 bridgehead atoms. The Balaban J connectivity index is 2.65. The van der Waals surface area contributed by atoms with Gasteiger partial charge in [-0.05, 0) is 12.5 Å². The van der Waals surface area contributed by atoms with Crippen LogP contribution in [0.5, 0.6) is 5.75 Å². The van der Waals surface area contributed by atoms with Crippen molar-refractivity contribution in [3.8, 4) is 5.75 Å². The summed E-state index contributed by atoms with van der Waals surface area (Å²) in [5.74, 6) is -0.696. The first-order valence-corrected chi connectivity index (χ1v) is 4.90. The van der Waals surface area contributed by atoms with E-state index in [1.807, 2.05) is 0 Å². The molecular weight excluding hydrogens is 229 g/mol. The monoisotopic (exact) mass is 241 g/mol. The summed E-state index contributed by atoms with van der Waals surface area (Å²) in [5.41, 5.74) is 4.85. The first kappa shape index (κ1) is 12.9. The fourth-order valence-corrected chi connectivity index (χ4v) is 1.20. The van der Waals surface area contributed by atoms with Gasteiger partial charge in [-0.25, -0.2) is 4.39 Å². The van der Waals surface area contributed by atoms with Crippen LogP contribution in [-0.4, -0.2) is 17.4 Å². The van der Waals surface area contributed by atoms with Crippen LogP contribution in [0.1, 0.15) is 12.8 Å². The molecule has 92 valence electrons. The van der Waals surface area contributed by atoms with Crippen molar-refractivity contribution in [2.45, 2.75) is 12.8 Å². The first-order valence-electron chi connectivity index (χ1n) is 4.90. The fourth-order valence-electron chi connectivity index (χ4n) is 1.20. The van der Waals surface area contributed by atoms with Gasteiger partial charge in [0.05, 0.1) is 17.4 Å². The largest absolute Gasteiger partial charge is 0.487 e. The van der Waals surface area contributed by atoms with Gasteiger partial charge in [-0.2, -0.15) is 0 Å². The number of ether oxygens (including phenoxy) is 1. The Bertz CT molecular complexity index is 437. The Morgan fingerprint density at radius 1 is 1.59 bits per heavy atom. The average molecular weight is 241 g/mol. The topological polar surface area (TPSA) is 102 Å². The summed E-state index contributed by atoms with van der Waals surface area (Å²) in [7, 11) is 0. The number of nitro benzene ring substituents is 1. The van der Waals surface area contributed by atoms with Crippen LogP contribution in [0.15, 0.2) is 18.2 Å². The van der Waals surface area contributed by atoms with E-state index in [9.17, 15) is 14.5 Å². The predicted molar refractivity (Wildman–Crippen MR) is 59.7 cm³/mol. The van der Waals surface area contributed by atoms with Gasteiger partial charge in [-0.3, -0.25) is 15.5 Å². The second-order valence-electron chi connectivity index (χ2n) is 3.35. The second kappa shape index (κ2) is 5.78. The van der Waals surface area contributed by atoms with E-state index in [-0.39, 0.29) is 23.9 Å². The van der Waals surface area contributed by atoms with Crippen LogP contribution in [0.2, 0.25) is 0 Å². The molecule has 1 aromatic rings. The molecule has 0 atom stereocenters. The first-order chi connectivity index (χ1) is 8.00. The second-order valence-corrected chi connectivity index (χ2v) is 3.35. The number of nitrogens with two attached hydrogens (primary N) is 1. The van der Waals surface area contributed by atoms with Crippen molar-refractivity contribution in [3.05, 3.63) is 34.1 Å². The molecule has 1 aromatic carbocycles. The highest BCUT2D eigenvalue weighted by Crippen LogP contribution is 2.27. The van der Waals surface area contributed by atoms with Crippen LogP contribution in [0.4, 0.5) is 10.1 Å². The maximum atomic E-state index is 12.9. The molecule has 17 heavy (non-hydrogen) atoms. The molecule has 6 nitrogen and oxygen atoms in total. The standard InChI is InChI=1S/C10H12FN3O3/c11-7-3-4-8(14(15)16)9(6-7)17-5-1-2-10(12)13/h3-4,6H,1-2,5H2,(H3,12,13). The predicted octanol–water partition coefficient (Wildman–Crippen LogP) is 1.83. The van der Waals surface area contributed by atoms with E-state index in [2.05, 4.69) is 0 Å². The maximum absolute atomic E-state index is 12.9. The molecule has 0 saturated heterocycles. The molecular formula is C10H12FN3O3. The van der Waals surface area contributed by atoms with Crippen molar-refractivity contribution >= 4 is 11.5 Å². The lowest BCUT2D eigenvalue weighted by Crippen LogP contribution is -2.11. The van der Waals surface area contributed by atoms with Crippen LogP contribution >= 0.6 is 0 Å². The third kappa shape index (κ3) is 4.06. The molecule has 1 rings (SSSR count). The lowest BCUT2D eigenvalue weighted by atomic mass is 10.3. The molecule has 0 amide bonds. The third-order valence-corrected chi connectivity index (χ3v) is 1.97. The van der Waals surface area contributed by atoms with E-state index in [0.29, 0.717) is 12.8 Å². The summed E-state index contributed by atoms with van der Waals surface area (Å²) in [4.78, 5) is 9.98. The highest BCUT2D eigenvalue weighted by Gasteiger charge is 2.15. The Labute approximate surface area is 96.8 Å². The Morgan fingerprint density at radius 2 is 2.29 bits per heavy atom. The smallest absolute Gasteiger partial charge is 0.311 e. The number of hydrogen-bond donors (Lipinski definition) is 2. The summed E-state index contributed by atoms with van der Waals surface area (Å²) < 4.78 is 18.0. The van der Waals surface area contributed by atoms with Gasteiger partial charge in [0.1, 0.15) is 5.82 Å². The highest BCUT2D eigenvalue weighted by atomic mass is 19.1. The fraction of sp³-hybridized carbons (Fsp3) is 0.300. The van der Waals surface area contributed by atoms with Gasteiger partial charge >= 0.3 is 5.69 Å². The average Bonchev–Trinajstić information content (AvgIpc) is 2.23. The molecule has 0 aliphatic heterocycles. The number of amidine groups is 1. The van der Waals surface area contributed by atoms with Gasteiger partial charge in [-0.15, -0.1) is 0 Å². The minimum Gasteiger partial charge on any atom is -0.487 e. The quantitative estimate of drug-likeness (QED) is 0.261. The minimum atomic E-state index is -0.639. The Morgan fingerprint density at radius 3 is 2.88 bits per heavy atom. The SMILES string of the molecule is N=C(N)CCCOc1cc(F)ccc1[N+](=O)[O-]. The lowest BCUT2D eigenvalue weighted by molar-refractivity contribution is -0.385. The molecule has 0 heterocycles. The number of benzene rings is 1. The summed E-state index contributed by atoms with van der Waals surface area (Å²) in [6.07, 6.45) is 0.784. The van der Waals surface area contributed by atoms with Crippen molar-refractivity contribution in [1.29, 1.82) is 5.41 Å². The third-order valence-electron chi connectivity index (χ3n) is 1.97. The summed E-state index contributed by atoms with van der Waals surface area (Å²) in [5, 5.41) is 17.6. The zero-order valence-electron chi connectivity index (χ0n) is 8.98. The highest BCUT2D eigenvalue weighted by molar-refractivity contribution is 5.76. The molecule has 0 radical (unpaired) electrons. The summed E-state index contributed by atoms with van der Waals surface area (Å²) in [6.45, 7) is 0.143. The van der Waals surface area contributed by atoms with Crippen LogP contribution in [0.3, 0.4) is 0 Å². The molecule has 0 spiro atoms. The molecule has 0 aliphatic rings. The van der Waals surface area contributed by atoms with E-state index in [4.69, 9.17) is 15.9 Å².